The van der Waals surface area contributed by atoms with Crippen molar-refractivity contribution in [3.63, 3.8) is 0 Å². The molecule has 0 aromatic heterocycles. The van der Waals surface area contributed by atoms with Gasteiger partial charge >= 0.3 is 0 Å². The summed E-state index contributed by atoms with van der Waals surface area (Å²) in [6.07, 6.45) is 1.24. The molecule has 0 saturated carbocycles. The molecule has 2 amide bonds. The summed E-state index contributed by atoms with van der Waals surface area (Å²) in [4.78, 5) is 29.3. The standard InChI is InChI=1S/C22H24ClN3O5S/c1-13(21(27)26-11-18-10-17(26)12-31-18)25-7-6-20(22(25)28)24-32(29,30)19-5-3-14-8-16(23)4-2-15(14)9-19/h2-5,8-9,13,17-18,20,24H,6-7,10-12H2,1H3/t13-,17?,18?,20?/m0/s1. The van der Waals surface area contributed by atoms with Gasteiger partial charge in [-0.15, -0.1) is 0 Å². The van der Waals surface area contributed by atoms with E-state index in [0.29, 0.717) is 31.1 Å². The van der Waals surface area contributed by atoms with Gasteiger partial charge in [-0.2, -0.15) is 4.72 Å². The van der Waals surface area contributed by atoms with Crippen LogP contribution >= 0.6 is 11.6 Å². The van der Waals surface area contributed by atoms with E-state index in [0.717, 1.165) is 17.2 Å². The Hall–Kier alpha value is -2.20. The second kappa shape index (κ2) is 7.98. The maximum atomic E-state index is 13.0. The Labute approximate surface area is 191 Å². The Balaban J connectivity index is 1.28. The first-order valence-corrected chi connectivity index (χ1v) is 12.5. The summed E-state index contributed by atoms with van der Waals surface area (Å²) in [5.41, 5.74) is 0. The Bertz CT molecular complexity index is 1200. The van der Waals surface area contributed by atoms with E-state index in [1.165, 1.54) is 11.0 Å². The Morgan fingerprint density at radius 2 is 1.97 bits per heavy atom. The van der Waals surface area contributed by atoms with Gasteiger partial charge in [0.05, 0.1) is 23.6 Å². The predicted octanol–water partition coefficient (Wildman–Crippen LogP) is 1.76. The minimum Gasteiger partial charge on any atom is -0.374 e. The molecule has 3 saturated heterocycles. The van der Waals surface area contributed by atoms with Crippen molar-refractivity contribution in [2.45, 2.75) is 48.9 Å². The molecule has 3 fully saturated rings. The molecule has 3 heterocycles. The molecule has 5 rings (SSSR count). The molecule has 3 aliphatic rings. The van der Waals surface area contributed by atoms with E-state index >= 15 is 0 Å². The molecule has 2 aromatic carbocycles. The van der Waals surface area contributed by atoms with E-state index in [9.17, 15) is 18.0 Å². The maximum absolute atomic E-state index is 13.0. The van der Waals surface area contributed by atoms with Gasteiger partial charge in [0.2, 0.25) is 21.8 Å². The van der Waals surface area contributed by atoms with Crippen LogP contribution in [0.15, 0.2) is 41.3 Å². The predicted molar refractivity (Wildman–Crippen MR) is 119 cm³/mol. The van der Waals surface area contributed by atoms with E-state index in [-0.39, 0.29) is 28.9 Å². The van der Waals surface area contributed by atoms with Crippen LogP contribution in [0.25, 0.3) is 10.8 Å². The minimum absolute atomic E-state index is 0.0738. The van der Waals surface area contributed by atoms with Crippen LogP contribution in [0.2, 0.25) is 5.02 Å². The lowest BCUT2D eigenvalue weighted by Crippen LogP contribution is -2.53. The monoisotopic (exact) mass is 477 g/mol. The molecule has 8 nitrogen and oxygen atoms in total. The number of ether oxygens (including phenoxy) is 1. The highest BCUT2D eigenvalue weighted by Crippen LogP contribution is 2.30. The molecular formula is C22H24ClN3O5S. The topological polar surface area (TPSA) is 96.0 Å². The lowest BCUT2D eigenvalue weighted by Gasteiger charge is -2.32. The number of benzene rings is 2. The third-order valence-corrected chi connectivity index (χ3v) is 8.33. The van der Waals surface area contributed by atoms with Gasteiger partial charge in [-0.3, -0.25) is 9.59 Å². The van der Waals surface area contributed by atoms with Crippen molar-refractivity contribution in [2.75, 3.05) is 19.7 Å². The largest absolute Gasteiger partial charge is 0.374 e. The Morgan fingerprint density at radius 3 is 2.69 bits per heavy atom. The second-order valence-corrected chi connectivity index (χ2v) is 10.8. The van der Waals surface area contributed by atoms with Crippen molar-refractivity contribution < 1.29 is 22.7 Å². The number of hydrogen-bond donors (Lipinski definition) is 1. The number of amides is 2. The molecule has 10 heteroatoms. The number of carbonyl (C=O) groups excluding carboxylic acids is 2. The van der Waals surface area contributed by atoms with Crippen molar-refractivity contribution in [3.05, 3.63) is 41.4 Å². The highest BCUT2D eigenvalue weighted by Gasteiger charge is 2.45. The number of carbonyl (C=O) groups is 2. The fraction of sp³-hybridized carbons (Fsp3) is 0.455. The zero-order valence-corrected chi connectivity index (χ0v) is 19.1. The lowest BCUT2D eigenvalue weighted by atomic mass is 10.1. The molecule has 0 radical (unpaired) electrons. The summed E-state index contributed by atoms with van der Waals surface area (Å²) in [5.74, 6) is -0.478. The molecule has 4 atom stereocenters. The fourth-order valence-corrected chi connectivity index (χ4v) is 6.30. The number of sulfonamides is 1. The first-order valence-electron chi connectivity index (χ1n) is 10.7. The molecule has 170 valence electrons. The first-order chi connectivity index (χ1) is 15.2. The van der Waals surface area contributed by atoms with E-state index in [2.05, 4.69) is 4.72 Å². The van der Waals surface area contributed by atoms with Crippen LogP contribution in [0.3, 0.4) is 0 Å². The molecule has 0 spiro atoms. The molecule has 32 heavy (non-hydrogen) atoms. The van der Waals surface area contributed by atoms with E-state index < -0.39 is 22.1 Å². The average Bonchev–Trinajstić information content (AvgIpc) is 3.49. The quantitative estimate of drug-likeness (QED) is 0.708. The van der Waals surface area contributed by atoms with Gasteiger partial charge in [0.15, 0.2) is 0 Å². The van der Waals surface area contributed by atoms with Crippen LogP contribution in [0.1, 0.15) is 19.8 Å². The number of likely N-dealkylation sites (tertiary alicyclic amines) is 2. The number of rotatable bonds is 5. The second-order valence-electron chi connectivity index (χ2n) is 8.66. The molecule has 2 bridgehead atoms. The first kappa shape index (κ1) is 21.6. The third-order valence-electron chi connectivity index (χ3n) is 6.63. The van der Waals surface area contributed by atoms with Gasteiger partial charge in [-0.05, 0) is 54.8 Å². The number of morpholine rings is 1. The number of hydrogen-bond acceptors (Lipinski definition) is 5. The lowest BCUT2D eigenvalue weighted by molar-refractivity contribution is -0.146. The molecule has 3 unspecified atom stereocenters. The number of halogens is 1. The number of fused-ring (bicyclic) bond motifs is 3. The van der Waals surface area contributed by atoms with Gasteiger partial charge in [-0.25, -0.2) is 8.42 Å². The van der Waals surface area contributed by atoms with Crippen LogP contribution in [0, 0.1) is 0 Å². The molecule has 1 N–H and O–H groups in total. The van der Waals surface area contributed by atoms with E-state index in [1.54, 1.807) is 42.2 Å². The van der Waals surface area contributed by atoms with Crippen LogP contribution in [0.4, 0.5) is 0 Å². The van der Waals surface area contributed by atoms with Crippen LogP contribution in [-0.2, 0) is 24.3 Å². The molecule has 2 aromatic rings. The minimum atomic E-state index is -3.91. The summed E-state index contributed by atoms with van der Waals surface area (Å²) in [6.45, 7) is 3.13. The Kier molecular flexibility index (Phi) is 5.40. The highest BCUT2D eigenvalue weighted by atomic mass is 35.5. The van der Waals surface area contributed by atoms with Crippen LogP contribution < -0.4 is 4.72 Å². The van der Waals surface area contributed by atoms with Gasteiger partial charge < -0.3 is 14.5 Å². The summed E-state index contributed by atoms with van der Waals surface area (Å²) in [7, 11) is -3.91. The van der Waals surface area contributed by atoms with Crippen molar-refractivity contribution in [1.29, 1.82) is 0 Å². The van der Waals surface area contributed by atoms with E-state index in [4.69, 9.17) is 16.3 Å². The van der Waals surface area contributed by atoms with Crippen molar-refractivity contribution in [1.82, 2.24) is 14.5 Å². The normalized spacial score (nSPS) is 26.3. The van der Waals surface area contributed by atoms with Crippen molar-refractivity contribution in [2.24, 2.45) is 0 Å². The van der Waals surface area contributed by atoms with Gasteiger partial charge in [0.25, 0.3) is 0 Å². The molecule has 3 aliphatic heterocycles. The zero-order valence-electron chi connectivity index (χ0n) is 17.5. The number of nitrogens with zero attached hydrogens (tertiary/aromatic N) is 2. The average molecular weight is 478 g/mol. The fourth-order valence-electron chi connectivity index (χ4n) is 4.86. The van der Waals surface area contributed by atoms with Gasteiger partial charge in [0, 0.05) is 18.1 Å². The highest BCUT2D eigenvalue weighted by molar-refractivity contribution is 7.89. The summed E-state index contributed by atoms with van der Waals surface area (Å²) in [5, 5.41) is 2.13. The molecule has 0 aliphatic carbocycles. The third kappa shape index (κ3) is 3.77. The SMILES string of the molecule is C[C@@H](C(=O)N1CC2CC1CO2)N1CCC(NS(=O)(=O)c2ccc3cc(Cl)ccc3c2)C1=O. The molecular weight excluding hydrogens is 454 g/mol. The maximum Gasteiger partial charge on any atom is 0.245 e. The zero-order chi connectivity index (χ0) is 22.6. The number of nitrogens with one attached hydrogen (secondary N) is 1. The summed E-state index contributed by atoms with van der Waals surface area (Å²) in [6, 6.07) is 8.49. The van der Waals surface area contributed by atoms with Gasteiger partial charge in [0.1, 0.15) is 12.1 Å². The van der Waals surface area contributed by atoms with Gasteiger partial charge in [-0.1, -0.05) is 23.7 Å². The van der Waals surface area contributed by atoms with Crippen LogP contribution in [0.5, 0.6) is 0 Å². The smallest absolute Gasteiger partial charge is 0.245 e. The van der Waals surface area contributed by atoms with Crippen LogP contribution in [-0.4, -0.2) is 74.0 Å². The summed E-state index contributed by atoms with van der Waals surface area (Å²) >= 11 is 5.99. The Morgan fingerprint density at radius 1 is 1.22 bits per heavy atom. The van der Waals surface area contributed by atoms with E-state index in [1.807, 2.05) is 0 Å². The summed E-state index contributed by atoms with van der Waals surface area (Å²) < 4.78 is 34.0. The van der Waals surface area contributed by atoms with Crippen molar-refractivity contribution in [3.8, 4) is 0 Å². The van der Waals surface area contributed by atoms with Crippen molar-refractivity contribution >= 4 is 44.2 Å².